The third kappa shape index (κ3) is 4.83. The van der Waals surface area contributed by atoms with Crippen molar-refractivity contribution in [3.8, 4) is 0 Å². The van der Waals surface area contributed by atoms with Gasteiger partial charge in [0.25, 0.3) is 0 Å². The van der Waals surface area contributed by atoms with E-state index in [2.05, 4.69) is 25.2 Å². The number of nitrogens with zero attached hydrogens (tertiary/aromatic N) is 4. The summed E-state index contributed by atoms with van der Waals surface area (Å²) in [5.74, 6) is 0.746. The second-order valence-electron chi connectivity index (χ2n) is 6.42. The highest BCUT2D eigenvalue weighted by Crippen LogP contribution is 2.23. The molecule has 7 nitrogen and oxygen atoms in total. The first-order valence-electron chi connectivity index (χ1n) is 8.45. The Labute approximate surface area is 146 Å². The summed E-state index contributed by atoms with van der Waals surface area (Å²) in [6.45, 7) is 3.31. The van der Waals surface area contributed by atoms with Crippen LogP contribution in [0.15, 0.2) is 24.3 Å². The summed E-state index contributed by atoms with van der Waals surface area (Å²) in [4.78, 5) is 15.0. The number of hydrogen-bond acceptors (Lipinski definition) is 7. The third-order valence-corrected chi connectivity index (χ3v) is 4.26. The Kier molecular flexibility index (Phi) is 5.40. The average Bonchev–Trinajstić information content (AvgIpc) is 2.95. The molecule has 0 bridgehead atoms. The Hall–Kier alpha value is -2.32. The van der Waals surface area contributed by atoms with Gasteiger partial charge in [-0.25, -0.2) is 4.39 Å². The van der Waals surface area contributed by atoms with E-state index in [-0.39, 0.29) is 17.9 Å². The largest absolute Gasteiger partial charge is 0.393 e. The van der Waals surface area contributed by atoms with Crippen LogP contribution in [0.2, 0.25) is 0 Å². The SMILES string of the molecule is CC(O)CC1CCCN1Cc1nc(N)nc(Nc2ccc(F)cc2)n1. The van der Waals surface area contributed by atoms with Gasteiger partial charge in [0.05, 0.1) is 12.6 Å². The molecule has 1 aromatic carbocycles. The Balaban J connectivity index is 1.71. The minimum atomic E-state index is -0.329. The van der Waals surface area contributed by atoms with Crippen LogP contribution < -0.4 is 11.1 Å². The molecular weight excluding hydrogens is 323 g/mol. The van der Waals surface area contributed by atoms with E-state index in [9.17, 15) is 9.50 Å². The highest BCUT2D eigenvalue weighted by atomic mass is 19.1. The first-order valence-corrected chi connectivity index (χ1v) is 8.45. The molecule has 2 heterocycles. The molecule has 0 aliphatic carbocycles. The van der Waals surface area contributed by atoms with Gasteiger partial charge in [0.2, 0.25) is 11.9 Å². The molecule has 8 heteroatoms. The maximum absolute atomic E-state index is 13.0. The molecular formula is C17H23FN6O. The van der Waals surface area contributed by atoms with Crippen LogP contribution in [-0.2, 0) is 6.54 Å². The van der Waals surface area contributed by atoms with E-state index < -0.39 is 0 Å². The molecule has 1 aliphatic rings. The van der Waals surface area contributed by atoms with Gasteiger partial charge in [-0.3, -0.25) is 4.90 Å². The number of aliphatic hydroxyl groups excluding tert-OH is 1. The number of nitrogens with one attached hydrogen (secondary N) is 1. The lowest BCUT2D eigenvalue weighted by atomic mass is 10.1. The normalized spacial score (nSPS) is 19.1. The van der Waals surface area contributed by atoms with Crippen molar-refractivity contribution in [2.45, 2.75) is 44.9 Å². The van der Waals surface area contributed by atoms with Crippen molar-refractivity contribution in [1.82, 2.24) is 19.9 Å². The molecule has 1 aliphatic heterocycles. The number of rotatable bonds is 6. The molecule has 2 atom stereocenters. The van der Waals surface area contributed by atoms with Crippen molar-refractivity contribution in [1.29, 1.82) is 0 Å². The van der Waals surface area contributed by atoms with E-state index in [1.165, 1.54) is 12.1 Å². The van der Waals surface area contributed by atoms with E-state index in [0.717, 1.165) is 25.8 Å². The van der Waals surface area contributed by atoms with Crippen molar-refractivity contribution in [3.63, 3.8) is 0 Å². The summed E-state index contributed by atoms with van der Waals surface area (Å²) in [7, 11) is 0. The standard InChI is InChI=1S/C17H23FN6O/c1-11(25)9-14-3-2-8-24(14)10-15-21-16(19)23-17(22-15)20-13-6-4-12(18)5-7-13/h4-7,11,14,25H,2-3,8-10H2,1H3,(H3,19,20,21,22,23). The van der Waals surface area contributed by atoms with E-state index in [4.69, 9.17) is 5.73 Å². The number of aromatic nitrogens is 3. The lowest BCUT2D eigenvalue weighted by Crippen LogP contribution is -2.32. The third-order valence-electron chi connectivity index (χ3n) is 4.26. The lowest BCUT2D eigenvalue weighted by Gasteiger charge is -2.24. The van der Waals surface area contributed by atoms with Crippen molar-refractivity contribution in [2.24, 2.45) is 0 Å². The number of nitrogens with two attached hydrogens (primary N) is 1. The topological polar surface area (TPSA) is 100 Å². The molecule has 0 amide bonds. The van der Waals surface area contributed by atoms with Gasteiger partial charge in [0.15, 0.2) is 0 Å². The zero-order valence-electron chi connectivity index (χ0n) is 14.2. The molecule has 1 saturated heterocycles. The van der Waals surface area contributed by atoms with Gasteiger partial charge < -0.3 is 16.2 Å². The summed E-state index contributed by atoms with van der Waals surface area (Å²) in [6, 6.07) is 6.26. The lowest BCUT2D eigenvalue weighted by molar-refractivity contribution is 0.129. The first-order chi connectivity index (χ1) is 12.0. The summed E-state index contributed by atoms with van der Waals surface area (Å²) in [5.41, 5.74) is 6.48. The van der Waals surface area contributed by atoms with Crippen LogP contribution in [0.5, 0.6) is 0 Å². The van der Waals surface area contributed by atoms with Gasteiger partial charge in [0, 0.05) is 11.7 Å². The van der Waals surface area contributed by atoms with Crippen LogP contribution in [0.1, 0.15) is 32.0 Å². The molecule has 3 rings (SSSR count). The van der Waals surface area contributed by atoms with Gasteiger partial charge in [-0.05, 0) is 57.0 Å². The number of benzene rings is 1. The number of likely N-dealkylation sites (tertiary alicyclic amines) is 1. The summed E-state index contributed by atoms with van der Waals surface area (Å²) in [6.07, 6.45) is 2.57. The quantitative estimate of drug-likeness (QED) is 0.736. The fourth-order valence-corrected chi connectivity index (χ4v) is 3.17. The van der Waals surface area contributed by atoms with Gasteiger partial charge in [-0.15, -0.1) is 0 Å². The Bertz CT molecular complexity index is 709. The minimum Gasteiger partial charge on any atom is -0.393 e. The monoisotopic (exact) mass is 346 g/mol. The minimum absolute atomic E-state index is 0.140. The Morgan fingerprint density at radius 3 is 2.80 bits per heavy atom. The second-order valence-corrected chi connectivity index (χ2v) is 6.42. The van der Waals surface area contributed by atoms with E-state index >= 15 is 0 Å². The molecule has 1 fully saturated rings. The van der Waals surface area contributed by atoms with Crippen LogP contribution >= 0.6 is 0 Å². The summed E-state index contributed by atoms with van der Waals surface area (Å²) in [5, 5.41) is 12.7. The number of hydrogen-bond donors (Lipinski definition) is 3. The number of nitrogen functional groups attached to an aromatic ring is 1. The molecule has 134 valence electrons. The summed E-state index contributed by atoms with van der Waals surface area (Å²) < 4.78 is 13.0. The molecule has 25 heavy (non-hydrogen) atoms. The predicted octanol–water partition coefficient (Wildman–Crippen LogP) is 2.07. The molecule has 4 N–H and O–H groups in total. The van der Waals surface area contributed by atoms with E-state index in [0.29, 0.717) is 30.0 Å². The molecule has 2 unspecified atom stereocenters. The van der Waals surface area contributed by atoms with Crippen LogP contribution in [0.4, 0.5) is 22.0 Å². The molecule has 2 aromatic rings. The van der Waals surface area contributed by atoms with E-state index in [1.807, 2.05) is 6.92 Å². The fourth-order valence-electron chi connectivity index (χ4n) is 3.17. The molecule has 0 saturated carbocycles. The van der Waals surface area contributed by atoms with Crippen LogP contribution in [-0.4, -0.2) is 43.6 Å². The number of halogens is 1. The van der Waals surface area contributed by atoms with Gasteiger partial charge in [0.1, 0.15) is 11.6 Å². The fraction of sp³-hybridized carbons (Fsp3) is 0.471. The second kappa shape index (κ2) is 7.71. The summed E-state index contributed by atoms with van der Waals surface area (Å²) >= 11 is 0. The average molecular weight is 346 g/mol. The molecule has 0 radical (unpaired) electrons. The molecule has 1 aromatic heterocycles. The zero-order valence-corrected chi connectivity index (χ0v) is 14.2. The van der Waals surface area contributed by atoms with Crippen LogP contribution in [0.25, 0.3) is 0 Å². The Morgan fingerprint density at radius 1 is 1.32 bits per heavy atom. The smallest absolute Gasteiger partial charge is 0.232 e. The highest BCUT2D eigenvalue weighted by molar-refractivity contribution is 5.53. The van der Waals surface area contributed by atoms with Crippen molar-refractivity contribution >= 4 is 17.6 Å². The number of anilines is 3. The van der Waals surface area contributed by atoms with Crippen LogP contribution in [0.3, 0.4) is 0 Å². The predicted molar refractivity (Wildman–Crippen MR) is 93.7 cm³/mol. The maximum atomic E-state index is 13.0. The van der Waals surface area contributed by atoms with Gasteiger partial charge >= 0.3 is 0 Å². The van der Waals surface area contributed by atoms with Crippen molar-refractivity contribution in [2.75, 3.05) is 17.6 Å². The Morgan fingerprint density at radius 2 is 2.08 bits per heavy atom. The molecule has 0 spiro atoms. The van der Waals surface area contributed by atoms with Crippen molar-refractivity contribution < 1.29 is 9.50 Å². The van der Waals surface area contributed by atoms with E-state index in [1.54, 1.807) is 12.1 Å². The van der Waals surface area contributed by atoms with Gasteiger partial charge in [-0.2, -0.15) is 15.0 Å². The van der Waals surface area contributed by atoms with Crippen LogP contribution in [0, 0.1) is 5.82 Å². The maximum Gasteiger partial charge on any atom is 0.232 e. The van der Waals surface area contributed by atoms with Gasteiger partial charge in [-0.1, -0.05) is 0 Å². The number of aliphatic hydroxyl groups is 1. The highest BCUT2D eigenvalue weighted by Gasteiger charge is 2.26. The zero-order chi connectivity index (χ0) is 17.8. The first kappa shape index (κ1) is 17.5. The van der Waals surface area contributed by atoms with Crippen molar-refractivity contribution in [3.05, 3.63) is 35.9 Å².